The lowest BCUT2D eigenvalue weighted by Crippen LogP contribution is -2.21. The second kappa shape index (κ2) is 5.01. The third-order valence-corrected chi connectivity index (χ3v) is 4.23. The van der Waals surface area contributed by atoms with Crippen molar-refractivity contribution >= 4 is 16.1 Å². The molecule has 1 aromatic rings. The zero-order valence-electron chi connectivity index (χ0n) is 9.29. The largest absolute Gasteiger partial charge is 0.457 e. The van der Waals surface area contributed by atoms with Gasteiger partial charge in [0.15, 0.2) is 21.9 Å². The van der Waals surface area contributed by atoms with E-state index in [9.17, 15) is 13.2 Å². The molecule has 94 valence electrons. The summed E-state index contributed by atoms with van der Waals surface area (Å²) in [6.07, 6.45) is 2.06. The molecule has 0 N–H and O–H groups in total. The number of carbonyl (C=O) groups is 1. The van der Waals surface area contributed by atoms with E-state index in [-0.39, 0.29) is 23.4 Å². The van der Waals surface area contributed by atoms with Gasteiger partial charge in [-0.3, -0.25) is 4.79 Å². The van der Waals surface area contributed by atoms with Crippen LogP contribution in [0.15, 0.2) is 16.5 Å². The summed E-state index contributed by atoms with van der Waals surface area (Å²) < 4.78 is 34.0. The van der Waals surface area contributed by atoms with Crippen molar-refractivity contribution in [1.82, 2.24) is 0 Å². The summed E-state index contributed by atoms with van der Waals surface area (Å²) in [5.41, 5.74) is 0. The third kappa shape index (κ3) is 3.41. The van der Waals surface area contributed by atoms with Gasteiger partial charge in [-0.25, -0.2) is 8.42 Å². The average molecular weight is 258 g/mol. The van der Waals surface area contributed by atoms with E-state index in [0.29, 0.717) is 18.7 Å². The number of carbonyl (C=O) groups excluding carboxylic acids is 1. The van der Waals surface area contributed by atoms with E-state index < -0.39 is 9.84 Å². The van der Waals surface area contributed by atoms with Crippen LogP contribution in [0.25, 0.3) is 0 Å². The van der Waals surface area contributed by atoms with Gasteiger partial charge in [0.25, 0.3) is 0 Å². The van der Waals surface area contributed by atoms with Crippen LogP contribution in [0.1, 0.15) is 29.2 Å². The molecule has 1 aromatic heterocycles. The zero-order chi connectivity index (χ0) is 12.3. The lowest BCUT2D eigenvalue weighted by molar-refractivity contribution is 0.109. The molecule has 5 nitrogen and oxygen atoms in total. The molecule has 1 fully saturated rings. The fourth-order valence-corrected chi connectivity index (χ4v) is 3.41. The summed E-state index contributed by atoms with van der Waals surface area (Å²) in [6.45, 7) is 0.635. The van der Waals surface area contributed by atoms with Crippen LogP contribution in [0.2, 0.25) is 0 Å². The highest BCUT2D eigenvalue weighted by Gasteiger charge is 2.24. The Morgan fingerprint density at radius 1 is 1.41 bits per heavy atom. The van der Waals surface area contributed by atoms with Gasteiger partial charge in [0, 0.05) is 6.61 Å². The second-order valence-corrected chi connectivity index (χ2v) is 6.22. The molecule has 1 aliphatic heterocycles. The Balaban J connectivity index is 1.98. The molecule has 1 unspecified atom stereocenters. The first kappa shape index (κ1) is 12.3. The molecule has 0 aromatic carbocycles. The van der Waals surface area contributed by atoms with E-state index in [0.717, 1.165) is 12.8 Å². The van der Waals surface area contributed by atoms with Crippen LogP contribution in [-0.4, -0.2) is 33.2 Å². The van der Waals surface area contributed by atoms with Crippen LogP contribution >= 0.6 is 0 Å². The van der Waals surface area contributed by atoms with Gasteiger partial charge < -0.3 is 9.15 Å². The molecule has 0 bridgehead atoms. The summed E-state index contributed by atoms with van der Waals surface area (Å²) in [4.78, 5) is 10.4. The third-order valence-electron chi connectivity index (χ3n) is 2.62. The van der Waals surface area contributed by atoms with Gasteiger partial charge >= 0.3 is 0 Å². The van der Waals surface area contributed by atoms with Crippen molar-refractivity contribution in [1.29, 1.82) is 0 Å². The molecule has 6 heteroatoms. The highest BCUT2D eigenvalue weighted by atomic mass is 32.2. The van der Waals surface area contributed by atoms with Crippen molar-refractivity contribution < 1.29 is 22.4 Å². The monoisotopic (exact) mass is 258 g/mol. The van der Waals surface area contributed by atoms with E-state index in [2.05, 4.69) is 0 Å². The molecule has 1 aliphatic rings. The van der Waals surface area contributed by atoms with Crippen molar-refractivity contribution in [2.75, 3.05) is 12.4 Å². The van der Waals surface area contributed by atoms with E-state index in [1.54, 1.807) is 0 Å². The van der Waals surface area contributed by atoms with Crippen LogP contribution < -0.4 is 0 Å². The smallest absolute Gasteiger partial charge is 0.185 e. The Bertz CT molecular complexity index is 482. The van der Waals surface area contributed by atoms with E-state index in [4.69, 9.17) is 9.15 Å². The highest BCUT2D eigenvalue weighted by Crippen LogP contribution is 2.17. The summed E-state index contributed by atoms with van der Waals surface area (Å²) in [7, 11) is -3.25. The van der Waals surface area contributed by atoms with E-state index in [1.165, 1.54) is 12.1 Å². The van der Waals surface area contributed by atoms with Gasteiger partial charge in [-0.2, -0.15) is 0 Å². The molecule has 1 atom stereocenters. The number of furan rings is 1. The maximum Gasteiger partial charge on any atom is 0.185 e. The number of aldehydes is 1. The maximum absolute atomic E-state index is 11.8. The van der Waals surface area contributed by atoms with Gasteiger partial charge in [-0.05, 0) is 25.0 Å². The first-order valence-electron chi connectivity index (χ1n) is 5.45. The van der Waals surface area contributed by atoms with Crippen molar-refractivity contribution in [2.24, 2.45) is 0 Å². The maximum atomic E-state index is 11.8. The van der Waals surface area contributed by atoms with Gasteiger partial charge in [0.05, 0.1) is 11.9 Å². The van der Waals surface area contributed by atoms with Crippen LogP contribution in [-0.2, 0) is 20.3 Å². The Morgan fingerprint density at radius 2 is 2.24 bits per heavy atom. The molecule has 2 heterocycles. The molecular formula is C11H14O5S. The SMILES string of the molecule is O=Cc1ccc(CS(=O)(=O)CC2CCCO2)o1. The quantitative estimate of drug-likeness (QED) is 0.741. The molecule has 0 aliphatic carbocycles. The Labute approximate surface area is 99.7 Å². The van der Waals surface area contributed by atoms with E-state index in [1.807, 2.05) is 0 Å². The van der Waals surface area contributed by atoms with Gasteiger partial charge in [0.2, 0.25) is 0 Å². The first-order chi connectivity index (χ1) is 8.09. The summed E-state index contributed by atoms with van der Waals surface area (Å²) in [5.74, 6) is 0.280. The minimum atomic E-state index is -3.25. The summed E-state index contributed by atoms with van der Waals surface area (Å²) in [5, 5.41) is 0. The molecule has 0 amide bonds. The molecule has 0 radical (unpaired) electrons. The standard InChI is InChI=1S/C11H14O5S/c12-6-9-3-4-11(16-9)8-17(13,14)7-10-2-1-5-15-10/h3-4,6,10H,1-2,5,7-8H2. The topological polar surface area (TPSA) is 73.6 Å². The van der Waals surface area contributed by atoms with Crippen molar-refractivity contribution in [3.63, 3.8) is 0 Å². The average Bonchev–Trinajstić information content (AvgIpc) is 2.88. The lowest BCUT2D eigenvalue weighted by Gasteiger charge is -2.08. The number of hydrogen-bond donors (Lipinski definition) is 0. The number of rotatable bonds is 5. The minimum absolute atomic E-state index is 0.0180. The fourth-order valence-electron chi connectivity index (χ4n) is 1.87. The Hall–Kier alpha value is -1.14. The van der Waals surface area contributed by atoms with Crippen LogP contribution in [0.4, 0.5) is 0 Å². The summed E-state index contributed by atoms with van der Waals surface area (Å²) >= 11 is 0. The molecule has 17 heavy (non-hydrogen) atoms. The summed E-state index contributed by atoms with van der Waals surface area (Å²) in [6, 6.07) is 2.97. The molecule has 2 rings (SSSR count). The highest BCUT2D eigenvalue weighted by molar-refractivity contribution is 7.90. The molecule has 0 saturated carbocycles. The lowest BCUT2D eigenvalue weighted by atomic mass is 10.3. The first-order valence-corrected chi connectivity index (χ1v) is 7.27. The molecule has 1 saturated heterocycles. The fraction of sp³-hybridized carbons (Fsp3) is 0.545. The van der Waals surface area contributed by atoms with Crippen LogP contribution in [0, 0.1) is 0 Å². The Kier molecular flexibility index (Phi) is 3.63. The number of ether oxygens (including phenoxy) is 1. The van der Waals surface area contributed by atoms with Crippen molar-refractivity contribution in [2.45, 2.75) is 24.7 Å². The predicted octanol–water partition coefficient (Wildman–Crippen LogP) is 1.19. The minimum Gasteiger partial charge on any atom is -0.457 e. The van der Waals surface area contributed by atoms with Crippen molar-refractivity contribution in [3.8, 4) is 0 Å². The van der Waals surface area contributed by atoms with Crippen LogP contribution in [0.5, 0.6) is 0 Å². The van der Waals surface area contributed by atoms with Crippen LogP contribution in [0.3, 0.4) is 0 Å². The van der Waals surface area contributed by atoms with Gasteiger partial charge in [-0.1, -0.05) is 0 Å². The predicted molar refractivity (Wildman–Crippen MR) is 60.6 cm³/mol. The number of sulfone groups is 1. The Morgan fingerprint density at radius 3 is 2.82 bits per heavy atom. The molecular weight excluding hydrogens is 244 g/mol. The van der Waals surface area contributed by atoms with Gasteiger partial charge in [0.1, 0.15) is 11.5 Å². The van der Waals surface area contributed by atoms with Crippen molar-refractivity contribution in [3.05, 3.63) is 23.7 Å². The zero-order valence-corrected chi connectivity index (χ0v) is 10.1. The normalized spacial score (nSPS) is 20.6. The molecule has 0 spiro atoms. The number of hydrogen-bond acceptors (Lipinski definition) is 5. The van der Waals surface area contributed by atoms with Gasteiger partial charge in [-0.15, -0.1) is 0 Å². The second-order valence-electron chi connectivity index (χ2n) is 4.11. The van der Waals surface area contributed by atoms with E-state index >= 15 is 0 Å².